The SMILES string of the molecule is O=C(COC(=O)C12CC3CC(CC(C3)C1)C2)Nc1cccc([N+](=O)[O-])c1. The minimum Gasteiger partial charge on any atom is -0.455 e. The zero-order chi connectivity index (χ0) is 18.3. The molecular weight excluding hydrogens is 336 g/mol. The molecule has 1 N–H and O–H groups in total. The van der Waals surface area contributed by atoms with Crippen LogP contribution >= 0.6 is 0 Å². The number of hydrogen-bond acceptors (Lipinski definition) is 5. The van der Waals surface area contributed by atoms with E-state index in [4.69, 9.17) is 4.74 Å². The van der Waals surface area contributed by atoms with Crippen LogP contribution in [0.1, 0.15) is 38.5 Å². The summed E-state index contributed by atoms with van der Waals surface area (Å²) in [6, 6.07) is 5.68. The van der Waals surface area contributed by atoms with Gasteiger partial charge in [-0.25, -0.2) is 0 Å². The summed E-state index contributed by atoms with van der Waals surface area (Å²) in [4.78, 5) is 35.0. The standard InChI is InChI=1S/C19H22N2O5/c22-17(20-15-2-1-3-16(7-15)21(24)25)11-26-18(23)19-8-12-4-13(9-19)6-14(5-12)10-19/h1-3,7,12-14H,4-6,8-11H2,(H,20,22). The van der Waals surface area contributed by atoms with Crippen molar-refractivity contribution in [1.82, 2.24) is 0 Å². The van der Waals surface area contributed by atoms with Gasteiger partial charge in [0.05, 0.1) is 10.3 Å². The summed E-state index contributed by atoms with van der Waals surface area (Å²) >= 11 is 0. The molecule has 26 heavy (non-hydrogen) atoms. The van der Waals surface area contributed by atoms with E-state index in [1.54, 1.807) is 6.07 Å². The molecule has 0 heterocycles. The van der Waals surface area contributed by atoms with Gasteiger partial charge in [-0.1, -0.05) is 6.07 Å². The Labute approximate surface area is 151 Å². The van der Waals surface area contributed by atoms with Crippen LogP contribution in [0.2, 0.25) is 0 Å². The summed E-state index contributed by atoms with van der Waals surface area (Å²) < 4.78 is 5.35. The number of carbonyl (C=O) groups is 2. The molecule has 4 aliphatic rings. The fourth-order valence-electron chi connectivity index (χ4n) is 5.54. The number of esters is 1. The van der Waals surface area contributed by atoms with Gasteiger partial charge in [0.25, 0.3) is 11.6 Å². The number of hydrogen-bond donors (Lipinski definition) is 1. The van der Waals surface area contributed by atoms with E-state index < -0.39 is 10.8 Å². The van der Waals surface area contributed by atoms with E-state index in [0.29, 0.717) is 23.4 Å². The van der Waals surface area contributed by atoms with Gasteiger partial charge in [0.15, 0.2) is 6.61 Å². The third kappa shape index (κ3) is 3.18. The molecule has 0 spiro atoms. The predicted octanol–water partition coefficient (Wildman–Crippen LogP) is 3.29. The van der Waals surface area contributed by atoms with E-state index in [1.165, 1.54) is 37.5 Å². The Hall–Kier alpha value is -2.44. The fourth-order valence-corrected chi connectivity index (χ4v) is 5.54. The van der Waals surface area contributed by atoms with Crippen molar-refractivity contribution < 1.29 is 19.2 Å². The molecule has 4 bridgehead atoms. The van der Waals surface area contributed by atoms with Crippen LogP contribution in [-0.2, 0) is 14.3 Å². The van der Waals surface area contributed by atoms with Gasteiger partial charge in [0, 0.05) is 17.8 Å². The van der Waals surface area contributed by atoms with Crippen molar-refractivity contribution in [1.29, 1.82) is 0 Å². The van der Waals surface area contributed by atoms with E-state index in [0.717, 1.165) is 19.3 Å². The molecule has 7 nitrogen and oxygen atoms in total. The van der Waals surface area contributed by atoms with E-state index >= 15 is 0 Å². The van der Waals surface area contributed by atoms with Gasteiger partial charge in [-0.05, 0) is 62.3 Å². The minimum absolute atomic E-state index is 0.103. The maximum absolute atomic E-state index is 12.7. The molecule has 1 aromatic rings. The molecule has 1 amide bonds. The summed E-state index contributed by atoms with van der Waals surface area (Å²) in [5, 5.41) is 13.3. The molecule has 4 fully saturated rings. The van der Waals surface area contributed by atoms with Crippen molar-refractivity contribution in [2.45, 2.75) is 38.5 Å². The third-order valence-electron chi connectivity index (χ3n) is 6.15. The number of nitro benzene ring substituents is 1. The van der Waals surface area contributed by atoms with Crippen molar-refractivity contribution >= 4 is 23.3 Å². The van der Waals surface area contributed by atoms with Crippen LogP contribution in [-0.4, -0.2) is 23.4 Å². The lowest BCUT2D eigenvalue weighted by atomic mass is 9.49. The first kappa shape index (κ1) is 17.0. The smallest absolute Gasteiger partial charge is 0.312 e. The number of nitrogens with one attached hydrogen (secondary N) is 1. The number of ether oxygens (including phenoxy) is 1. The molecule has 138 valence electrons. The van der Waals surface area contributed by atoms with Crippen LogP contribution in [0, 0.1) is 33.3 Å². The molecule has 0 radical (unpaired) electrons. The molecule has 7 heteroatoms. The normalized spacial score (nSPS) is 31.5. The Kier molecular flexibility index (Phi) is 4.17. The van der Waals surface area contributed by atoms with Gasteiger partial charge in [-0.2, -0.15) is 0 Å². The zero-order valence-electron chi connectivity index (χ0n) is 14.5. The second kappa shape index (κ2) is 6.37. The van der Waals surface area contributed by atoms with Gasteiger partial charge in [0.2, 0.25) is 0 Å². The van der Waals surface area contributed by atoms with Gasteiger partial charge in [0.1, 0.15) is 0 Å². The third-order valence-corrected chi connectivity index (χ3v) is 6.15. The highest BCUT2D eigenvalue weighted by molar-refractivity contribution is 5.93. The number of carbonyl (C=O) groups excluding carboxylic acids is 2. The lowest BCUT2D eigenvalue weighted by Gasteiger charge is -2.55. The summed E-state index contributed by atoms with van der Waals surface area (Å²) in [6.45, 7) is -0.358. The number of anilines is 1. The highest BCUT2D eigenvalue weighted by Gasteiger charge is 2.55. The molecule has 5 rings (SSSR count). The zero-order valence-corrected chi connectivity index (χ0v) is 14.5. The van der Waals surface area contributed by atoms with Crippen molar-refractivity contribution in [3.63, 3.8) is 0 Å². The van der Waals surface area contributed by atoms with E-state index in [-0.39, 0.29) is 23.7 Å². The highest BCUT2D eigenvalue weighted by atomic mass is 16.6. The maximum Gasteiger partial charge on any atom is 0.312 e. The quantitative estimate of drug-likeness (QED) is 0.495. The Morgan fingerprint density at radius 1 is 1.15 bits per heavy atom. The number of nitro groups is 1. The van der Waals surface area contributed by atoms with Crippen molar-refractivity contribution in [3.05, 3.63) is 34.4 Å². The Bertz CT molecular complexity index is 725. The van der Waals surface area contributed by atoms with Gasteiger partial charge in [-0.15, -0.1) is 0 Å². The minimum atomic E-state index is -0.525. The number of nitrogens with zero attached hydrogens (tertiary/aromatic N) is 1. The number of benzene rings is 1. The second-order valence-electron chi connectivity index (χ2n) is 8.13. The monoisotopic (exact) mass is 358 g/mol. The first-order chi connectivity index (χ1) is 12.4. The van der Waals surface area contributed by atoms with E-state index in [2.05, 4.69) is 5.32 Å². The second-order valence-corrected chi connectivity index (χ2v) is 8.13. The van der Waals surface area contributed by atoms with Crippen molar-refractivity contribution in [2.75, 3.05) is 11.9 Å². The molecule has 0 aliphatic heterocycles. The van der Waals surface area contributed by atoms with Gasteiger partial charge >= 0.3 is 5.97 Å². The lowest BCUT2D eigenvalue weighted by Crippen LogP contribution is -2.50. The molecular formula is C19H22N2O5. The average molecular weight is 358 g/mol. The van der Waals surface area contributed by atoms with Crippen LogP contribution in [0.4, 0.5) is 11.4 Å². The van der Waals surface area contributed by atoms with Crippen molar-refractivity contribution in [2.24, 2.45) is 23.2 Å². The van der Waals surface area contributed by atoms with Crippen LogP contribution in [0.15, 0.2) is 24.3 Å². The Morgan fingerprint density at radius 3 is 2.35 bits per heavy atom. The molecule has 0 aromatic heterocycles. The lowest BCUT2D eigenvalue weighted by molar-refractivity contribution is -0.384. The van der Waals surface area contributed by atoms with Crippen LogP contribution < -0.4 is 5.32 Å². The summed E-state index contributed by atoms with van der Waals surface area (Å²) in [5.74, 6) is 1.17. The average Bonchev–Trinajstić information content (AvgIpc) is 2.58. The van der Waals surface area contributed by atoms with E-state index in [1.807, 2.05) is 0 Å². The first-order valence-corrected chi connectivity index (χ1v) is 9.15. The molecule has 4 saturated carbocycles. The fraction of sp³-hybridized carbons (Fsp3) is 0.579. The van der Waals surface area contributed by atoms with Crippen LogP contribution in [0.25, 0.3) is 0 Å². The largest absolute Gasteiger partial charge is 0.455 e. The van der Waals surface area contributed by atoms with Crippen LogP contribution in [0.3, 0.4) is 0 Å². The molecule has 0 saturated heterocycles. The maximum atomic E-state index is 12.7. The van der Waals surface area contributed by atoms with Gasteiger partial charge < -0.3 is 10.1 Å². The summed E-state index contributed by atoms with van der Waals surface area (Å²) in [7, 11) is 0. The molecule has 1 aromatic carbocycles. The molecule has 4 aliphatic carbocycles. The number of amides is 1. The predicted molar refractivity (Wildman–Crippen MR) is 93.3 cm³/mol. The topological polar surface area (TPSA) is 98.5 Å². The number of rotatable bonds is 5. The Balaban J connectivity index is 1.34. The first-order valence-electron chi connectivity index (χ1n) is 9.15. The summed E-state index contributed by atoms with van der Waals surface area (Å²) in [6.07, 6.45) is 6.39. The van der Waals surface area contributed by atoms with Crippen LogP contribution in [0.5, 0.6) is 0 Å². The molecule has 0 unspecified atom stereocenters. The molecule has 0 atom stereocenters. The Morgan fingerprint density at radius 2 is 1.77 bits per heavy atom. The number of non-ortho nitro benzene ring substituents is 1. The van der Waals surface area contributed by atoms with E-state index in [9.17, 15) is 19.7 Å². The summed E-state index contributed by atoms with van der Waals surface area (Å²) in [5.41, 5.74) is -0.177. The van der Waals surface area contributed by atoms with Gasteiger partial charge in [-0.3, -0.25) is 19.7 Å². The highest BCUT2D eigenvalue weighted by Crippen LogP contribution is 2.60. The van der Waals surface area contributed by atoms with Crippen molar-refractivity contribution in [3.8, 4) is 0 Å².